The Morgan fingerprint density at radius 1 is 1.22 bits per heavy atom. The van der Waals surface area contributed by atoms with E-state index in [0.29, 0.717) is 13.0 Å². The number of carbonyl (C=O) groups excluding carboxylic acids is 1. The van der Waals surface area contributed by atoms with Crippen LogP contribution in [0.15, 0.2) is 0 Å². The summed E-state index contributed by atoms with van der Waals surface area (Å²) < 4.78 is 16.4. The summed E-state index contributed by atoms with van der Waals surface area (Å²) in [5.41, 5.74) is -0.442. The number of hydrogen-bond acceptors (Lipinski definition) is 4. The maximum Gasteiger partial charge on any atom is 0.308 e. The van der Waals surface area contributed by atoms with Gasteiger partial charge in [-0.15, -0.1) is 0 Å². The second kappa shape index (κ2) is 7.26. The standard InChI is InChI=1S/C13H28O4Si/c1-13(2,3)16-12(14)10-11(8-9-15-4)17-18(5,6)7/h11H,8-10H2,1-7H3/t11-/m0/s1. The average molecular weight is 276 g/mol. The average Bonchev–Trinajstić information content (AvgIpc) is 2.08. The van der Waals surface area contributed by atoms with E-state index in [0.717, 1.165) is 6.42 Å². The first-order valence-electron chi connectivity index (χ1n) is 6.42. The molecule has 0 fully saturated rings. The minimum atomic E-state index is -1.66. The van der Waals surface area contributed by atoms with E-state index in [1.807, 2.05) is 20.8 Å². The van der Waals surface area contributed by atoms with Gasteiger partial charge in [0.05, 0.1) is 12.5 Å². The molecule has 0 radical (unpaired) electrons. The number of rotatable bonds is 7. The van der Waals surface area contributed by atoms with E-state index in [4.69, 9.17) is 13.9 Å². The van der Waals surface area contributed by atoms with Gasteiger partial charge in [0, 0.05) is 13.7 Å². The molecule has 0 N–H and O–H groups in total. The summed E-state index contributed by atoms with van der Waals surface area (Å²) in [5.74, 6) is -0.207. The fourth-order valence-electron chi connectivity index (χ4n) is 1.52. The Balaban J connectivity index is 4.35. The van der Waals surface area contributed by atoms with Crippen LogP contribution in [0.2, 0.25) is 19.6 Å². The van der Waals surface area contributed by atoms with Crippen molar-refractivity contribution in [2.45, 2.75) is 65.0 Å². The van der Waals surface area contributed by atoms with E-state index in [9.17, 15) is 4.79 Å². The lowest BCUT2D eigenvalue weighted by molar-refractivity contribution is -0.156. The van der Waals surface area contributed by atoms with E-state index in [2.05, 4.69) is 19.6 Å². The number of esters is 1. The number of hydrogen-bond donors (Lipinski definition) is 0. The molecule has 0 aromatic carbocycles. The van der Waals surface area contributed by atoms with Gasteiger partial charge in [-0.05, 0) is 46.8 Å². The molecule has 0 aliphatic carbocycles. The summed E-state index contributed by atoms with van der Waals surface area (Å²) in [5, 5.41) is 0. The van der Waals surface area contributed by atoms with Crippen LogP contribution in [0.25, 0.3) is 0 Å². The summed E-state index contributed by atoms with van der Waals surface area (Å²) in [4.78, 5) is 11.8. The van der Waals surface area contributed by atoms with Crippen LogP contribution in [0, 0.1) is 0 Å². The second-order valence-electron chi connectivity index (χ2n) is 6.42. The lowest BCUT2D eigenvalue weighted by Crippen LogP contribution is -2.35. The minimum absolute atomic E-state index is 0.105. The van der Waals surface area contributed by atoms with Gasteiger partial charge in [0.2, 0.25) is 0 Å². The lowest BCUT2D eigenvalue weighted by atomic mass is 10.1. The zero-order valence-corrected chi connectivity index (χ0v) is 13.8. The Labute approximate surface area is 112 Å². The van der Waals surface area contributed by atoms with Gasteiger partial charge in [-0.1, -0.05) is 0 Å². The van der Waals surface area contributed by atoms with Gasteiger partial charge in [0.15, 0.2) is 8.32 Å². The van der Waals surface area contributed by atoms with Crippen molar-refractivity contribution in [2.24, 2.45) is 0 Å². The van der Waals surface area contributed by atoms with Crippen LogP contribution in [0.1, 0.15) is 33.6 Å². The quantitative estimate of drug-likeness (QED) is 0.530. The molecule has 18 heavy (non-hydrogen) atoms. The maximum absolute atomic E-state index is 11.8. The Morgan fingerprint density at radius 3 is 2.17 bits per heavy atom. The number of carbonyl (C=O) groups is 1. The van der Waals surface area contributed by atoms with Gasteiger partial charge in [0.25, 0.3) is 0 Å². The van der Waals surface area contributed by atoms with E-state index in [-0.39, 0.29) is 12.1 Å². The van der Waals surface area contributed by atoms with Crippen LogP contribution in [-0.4, -0.2) is 39.7 Å². The normalized spacial score (nSPS) is 14.4. The molecule has 0 saturated carbocycles. The number of methoxy groups -OCH3 is 1. The molecule has 0 heterocycles. The van der Waals surface area contributed by atoms with Gasteiger partial charge in [-0.2, -0.15) is 0 Å². The van der Waals surface area contributed by atoms with Crippen molar-refractivity contribution in [3.63, 3.8) is 0 Å². The second-order valence-corrected chi connectivity index (χ2v) is 10.9. The maximum atomic E-state index is 11.8. The van der Waals surface area contributed by atoms with Crippen LogP contribution in [0.4, 0.5) is 0 Å². The summed E-state index contributed by atoms with van der Waals surface area (Å²) in [6.07, 6.45) is 0.914. The van der Waals surface area contributed by atoms with Crippen LogP contribution in [0.5, 0.6) is 0 Å². The number of ether oxygens (including phenoxy) is 2. The van der Waals surface area contributed by atoms with E-state index in [1.165, 1.54) is 0 Å². The fourth-order valence-corrected chi connectivity index (χ4v) is 2.72. The Bertz CT molecular complexity index is 253. The smallest absolute Gasteiger partial charge is 0.308 e. The molecule has 0 spiro atoms. The monoisotopic (exact) mass is 276 g/mol. The van der Waals surface area contributed by atoms with Crippen molar-refractivity contribution >= 4 is 14.3 Å². The molecular weight excluding hydrogens is 248 g/mol. The molecule has 0 aromatic rings. The van der Waals surface area contributed by atoms with Gasteiger partial charge < -0.3 is 13.9 Å². The van der Waals surface area contributed by atoms with Crippen molar-refractivity contribution in [3.05, 3.63) is 0 Å². The Morgan fingerprint density at radius 2 is 1.78 bits per heavy atom. The summed E-state index contributed by atoms with van der Waals surface area (Å²) in [6, 6.07) is 0. The zero-order chi connectivity index (χ0) is 14.4. The molecular formula is C13H28O4Si. The molecule has 0 aliphatic heterocycles. The Kier molecular flexibility index (Phi) is 7.10. The molecule has 5 heteroatoms. The van der Waals surface area contributed by atoms with Gasteiger partial charge in [-0.25, -0.2) is 0 Å². The third-order valence-corrected chi connectivity index (χ3v) is 3.02. The predicted molar refractivity (Wildman–Crippen MR) is 75.2 cm³/mol. The highest BCUT2D eigenvalue weighted by atomic mass is 28.4. The molecule has 1 atom stereocenters. The van der Waals surface area contributed by atoms with Crippen LogP contribution in [-0.2, 0) is 18.7 Å². The van der Waals surface area contributed by atoms with E-state index < -0.39 is 13.9 Å². The van der Waals surface area contributed by atoms with E-state index in [1.54, 1.807) is 7.11 Å². The predicted octanol–water partition coefficient (Wildman–Crippen LogP) is 2.97. The first-order chi connectivity index (χ1) is 8.03. The summed E-state index contributed by atoms with van der Waals surface area (Å²) in [7, 11) is -0.00726. The fraction of sp³-hybridized carbons (Fsp3) is 0.923. The van der Waals surface area contributed by atoms with Crippen molar-refractivity contribution in [3.8, 4) is 0 Å². The van der Waals surface area contributed by atoms with Gasteiger partial charge >= 0.3 is 5.97 Å². The topological polar surface area (TPSA) is 44.8 Å². The molecule has 0 rings (SSSR count). The Hall–Kier alpha value is -0.393. The highest BCUT2D eigenvalue weighted by molar-refractivity contribution is 6.69. The summed E-state index contributed by atoms with van der Waals surface area (Å²) >= 11 is 0. The van der Waals surface area contributed by atoms with Crippen molar-refractivity contribution in [2.75, 3.05) is 13.7 Å². The highest BCUT2D eigenvalue weighted by Crippen LogP contribution is 2.16. The molecule has 0 aromatic heterocycles. The first kappa shape index (κ1) is 17.6. The molecule has 0 unspecified atom stereocenters. The molecule has 0 bridgehead atoms. The zero-order valence-electron chi connectivity index (χ0n) is 12.8. The molecule has 4 nitrogen and oxygen atoms in total. The van der Waals surface area contributed by atoms with E-state index >= 15 is 0 Å². The van der Waals surface area contributed by atoms with Crippen molar-refractivity contribution < 1.29 is 18.7 Å². The summed E-state index contributed by atoms with van der Waals surface area (Å²) in [6.45, 7) is 12.5. The van der Waals surface area contributed by atoms with Crippen molar-refractivity contribution in [1.29, 1.82) is 0 Å². The molecule has 108 valence electrons. The van der Waals surface area contributed by atoms with Crippen molar-refractivity contribution in [1.82, 2.24) is 0 Å². The SMILES string of the molecule is COCC[C@@H](CC(=O)OC(C)(C)C)O[Si](C)(C)C. The van der Waals surface area contributed by atoms with Crippen LogP contribution >= 0.6 is 0 Å². The lowest BCUT2D eigenvalue weighted by Gasteiger charge is -2.27. The van der Waals surface area contributed by atoms with Gasteiger partial charge in [0.1, 0.15) is 5.60 Å². The molecule has 0 amide bonds. The van der Waals surface area contributed by atoms with Crippen LogP contribution in [0.3, 0.4) is 0 Å². The third-order valence-electron chi connectivity index (χ3n) is 1.98. The molecule has 0 aliphatic rings. The van der Waals surface area contributed by atoms with Crippen LogP contribution < -0.4 is 0 Å². The molecule has 0 saturated heterocycles. The third kappa shape index (κ3) is 10.7. The first-order valence-corrected chi connectivity index (χ1v) is 9.83. The highest BCUT2D eigenvalue weighted by Gasteiger charge is 2.25. The largest absolute Gasteiger partial charge is 0.460 e. The van der Waals surface area contributed by atoms with Gasteiger partial charge in [-0.3, -0.25) is 4.79 Å². The minimum Gasteiger partial charge on any atom is -0.460 e.